The molecule has 5 heteroatoms. The van der Waals surface area contributed by atoms with E-state index in [1.54, 1.807) is 0 Å². The molecule has 1 amide bonds. The van der Waals surface area contributed by atoms with Gasteiger partial charge in [0.2, 0.25) is 5.91 Å². The first-order valence-corrected chi connectivity index (χ1v) is 8.29. The number of fused-ring (bicyclic) bond motifs is 2. The van der Waals surface area contributed by atoms with Gasteiger partial charge in [0.15, 0.2) is 5.13 Å². The number of nitrogens with zero attached hydrogens (tertiary/aromatic N) is 2. The first kappa shape index (κ1) is 14.0. The zero-order valence-electron chi connectivity index (χ0n) is 12.5. The molecule has 2 heterocycles. The van der Waals surface area contributed by atoms with E-state index in [0.29, 0.717) is 12.6 Å². The molecule has 0 spiro atoms. The highest BCUT2D eigenvalue weighted by Gasteiger charge is 2.38. The second-order valence-corrected chi connectivity index (χ2v) is 7.96. The fourth-order valence-corrected chi connectivity index (χ4v) is 4.19. The molecule has 110 valence electrons. The molecule has 1 aliphatic carbocycles. The Balaban J connectivity index is 1.55. The Bertz CT molecular complexity index is 505. The maximum Gasteiger partial charge on any atom is 0.240 e. The molecule has 0 radical (unpaired) electrons. The van der Waals surface area contributed by atoms with E-state index in [1.165, 1.54) is 30.6 Å². The van der Waals surface area contributed by atoms with Crippen molar-refractivity contribution >= 4 is 22.4 Å². The summed E-state index contributed by atoms with van der Waals surface area (Å²) in [5.74, 6) is 0.910. The zero-order chi connectivity index (χ0) is 14.3. The van der Waals surface area contributed by atoms with Crippen molar-refractivity contribution in [2.75, 3.05) is 18.4 Å². The quantitative estimate of drug-likeness (QED) is 0.932. The molecule has 2 fully saturated rings. The summed E-state index contributed by atoms with van der Waals surface area (Å²) in [6.07, 6.45) is 3.91. The van der Waals surface area contributed by atoms with Gasteiger partial charge in [0.05, 0.1) is 12.2 Å². The van der Waals surface area contributed by atoms with Crippen molar-refractivity contribution in [3.63, 3.8) is 0 Å². The van der Waals surface area contributed by atoms with Crippen LogP contribution in [0.5, 0.6) is 0 Å². The third-order valence-electron chi connectivity index (χ3n) is 4.39. The number of hydrogen-bond acceptors (Lipinski definition) is 4. The van der Waals surface area contributed by atoms with E-state index >= 15 is 0 Å². The number of rotatable bonds is 3. The minimum absolute atomic E-state index is 0.0353. The van der Waals surface area contributed by atoms with Crippen molar-refractivity contribution in [2.45, 2.75) is 51.5 Å². The van der Waals surface area contributed by atoms with Crippen molar-refractivity contribution in [1.82, 2.24) is 9.88 Å². The largest absolute Gasteiger partial charge is 0.301 e. The molecule has 4 nitrogen and oxygen atoms in total. The molecule has 1 saturated carbocycles. The van der Waals surface area contributed by atoms with E-state index in [-0.39, 0.29) is 11.3 Å². The molecule has 1 aromatic rings. The van der Waals surface area contributed by atoms with Crippen LogP contribution >= 0.6 is 11.3 Å². The fourth-order valence-electron chi connectivity index (χ4n) is 3.24. The van der Waals surface area contributed by atoms with Crippen LogP contribution in [0.3, 0.4) is 0 Å². The molecule has 1 aromatic heterocycles. The lowest BCUT2D eigenvalue weighted by Gasteiger charge is -2.25. The lowest BCUT2D eigenvalue weighted by Crippen LogP contribution is -2.38. The lowest BCUT2D eigenvalue weighted by atomic mass is 9.93. The Labute approximate surface area is 124 Å². The highest BCUT2D eigenvalue weighted by atomic mass is 32.1. The number of thiazole rings is 1. The first-order chi connectivity index (χ1) is 9.41. The Morgan fingerprint density at radius 2 is 2.30 bits per heavy atom. The van der Waals surface area contributed by atoms with Gasteiger partial charge in [-0.15, -0.1) is 11.3 Å². The van der Waals surface area contributed by atoms with Crippen LogP contribution in [0.1, 0.15) is 45.7 Å². The summed E-state index contributed by atoms with van der Waals surface area (Å²) >= 11 is 1.52. The molecule has 2 atom stereocenters. The van der Waals surface area contributed by atoms with Crippen LogP contribution in [0.25, 0.3) is 0 Å². The number of piperidine rings is 1. The van der Waals surface area contributed by atoms with Crippen LogP contribution in [-0.2, 0) is 10.2 Å². The first-order valence-electron chi connectivity index (χ1n) is 7.42. The Morgan fingerprint density at radius 1 is 1.50 bits per heavy atom. The molecule has 1 aliphatic heterocycles. The monoisotopic (exact) mass is 293 g/mol. The normalized spacial score (nSPS) is 26.1. The smallest absolute Gasteiger partial charge is 0.240 e. The van der Waals surface area contributed by atoms with Gasteiger partial charge >= 0.3 is 0 Å². The van der Waals surface area contributed by atoms with Gasteiger partial charge in [-0.3, -0.25) is 9.69 Å². The van der Waals surface area contributed by atoms with Crippen LogP contribution < -0.4 is 5.32 Å². The number of carbonyl (C=O) groups excluding carboxylic acids is 1. The fraction of sp³-hybridized carbons (Fsp3) is 0.733. The second-order valence-electron chi connectivity index (χ2n) is 7.10. The summed E-state index contributed by atoms with van der Waals surface area (Å²) in [4.78, 5) is 19.0. The maximum absolute atomic E-state index is 12.1. The predicted octanol–water partition coefficient (Wildman–Crippen LogP) is 2.86. The van der Waals surface area contributed by atoms with Crippen LogP contribution in [0.2, 0.25) is 0 Å². The van der Waals surface area contributed by atoms with E-state index in [1.807, 2.05) is 5.38 Å². The molecule has 1 N–H and O–H groups in total. The van der Waals surface area contributed by atoms with Gasteiger partial charge in [-0.1, -0.05) is 20.8 Å². The molecule has 20 heavy (non-hydrogen) atoms. The topological polar surface area (TPSA) is 45.2 Å². The molecular weight excluding hydrogens is 270 g/mol. The highest BCUT2D eigenvalue weighted by Crippen LogP contribution is 2.37. The van der Waals surface area contributed by atoms with Gasteiger partial charge in [0, 0.05) is 23.4 Å². The number of carbonyl (C=O) groups is 1. The number of aromatic nitrogens is 1. The van der Waals surface area contributed by atoms with Gasteiger partial charge in [-0.25, -0.2) is 4.98 Å². The number of amides is 1. The van der Waals surface area contributed by atoms with Crippen molar-refractivity contribution in [3.05, 3.63) is 11.1 Å². The molecular formula is C15H23N3OS. The summed E-state index contributed by atoms with van der Waals surface area (Å²) < 4.78 is 0. The molecule has 3 rings (SSSR count). The van der Waals surface area contributed by atoms with E-state index in [9.17, 15) is 4.79 Å². The summed E-state index contributed by atoms with van der Waals surface area (Å²) in [5.41, 5.74) is 1.08. The highest BCUT2D eigenvalue weighted by molar-refractivity contribution is 7.13. The van der Waals surface area contributed by atoms with Crippen molar-refractivity contribution in [1.29, 1.82) is 0 Å². The summed E-state index contributed by atoms with van der Waals surface area (Å²) in [7, 11) is 0. The molecule has 0 aromatic carbocycles. The minimum Gasteiger partial charge on any atom is -0.301 e. The van der Waals surface area contributed by atoms with E-state index in [0.717, 1.165) is 23.3 Å². The third kappa shape index (κ3) is 2.88. The van der Waals surface area contributed by atoms with Gasteiger partial charge in [-0.2, -0.15) is 0 Å². The number of hydrogen-bond donors (Lipinski definition) is 1. The van der Waals surface area contributed by atoms with Gasteiger partial charge in [0.25, 0.3) is 0 Å². The Hall–Kier alpha value is -0.940. The zero-order valence-corrected chi connectivity index (χ0v) is 13.3. The van der Waals surface area contributed by atoms with Crippen LogP contribution in [0.4, 0.5) is 5.13 Å². The van der Waals surface area contributed by atoms with Crippen LogP contribution in [-0.4, -0.2) is 34.9 Å². The van der Waals surface area contributed by atoms with Crippen LogP contribution in [0, 0.1) is 5.92 Å². The van der Waals surface area contributed by atoms with Gasteiger partial charge in [-0.05, 0) is 25.2 Å². The standard InChI is InChI=1S/C15H23N3OS/c1-15(2,3)12-9-20-14(16-12)17-13(19)8-18-7-10-4-5-11(18)6-10/h9-11H,4-8H2,1-3H3,(H,16,17,19)/t10-,11-/m0/s1. The molecule has 0 unspecified atom stereocenters. The van der Waals surface area contributed by atoms with E-state index in [4.69, 9.17) is 0 Å². The average molecular weight is 293 g/mol. The lowest BCUT2D eigenvalue weighted by molar-refractivity contribution is -0.117. The number of nitrogens with one attached hydrogen (secondary N) is 1. The minimum atomic E-state index is 0.0353. The van der Waals surface area contributed by atoms with Crippen LogP contribution in [0.15, 0.2) is 5.38 Å². The summed E-state index contributed by atoms with van der Waals surface area (Å²) in [6.45, 7) is 8.02. The molecule has 2 bridgehead atoms. The Morgan fingerprint density at radius 3 is 2.85 bits per heavy atom. The SMILES string of the molecule is CC(C)(C)c1csc(NC(=O)CN2C[C@H]3CC[C@H]2C3)n1. The van der Waals surface area contributed by atoms with Crippen molar-refractivity contribution in [2.24, 2.45) is 5.92 Å². The van der Waals surface area contributed by atoms with Crippen molar-refractivity contribution < 1.29 is 4.79 Å². The summed E-state index contributed by atoms with van der Waals surface area (Å²) in [6, 6.07) is 0.646. The maximum atomic E-state index is 12.1. The predicted molar refractivity (Wildman–Crippen MR) is 82.1 cm³/mol. The van der Waals surface area contributed by atoms with E-state index in [2.05, 4.69) is 36.0 Å². The number of likely N-dealkylation sites (tertiary alicyclic amines) is 1. The third-order valence-corrected chi connectivity index (χ3v) is 5.15. The number of anilines is 1. The van der Waals surface area contributed by atoms with E-state index < -0.39 is 0 Å². The summed E-state index contributed by atoms with van der Waals surface area (Å²) in [5, 5.41) is 5.71. The van der Waals surface area contributed by atoms with Gasteiger partial charge < -0.3 is 5.32 Å². The molecule has 2 aliphatic rings. The second kappa shape index (κ2) is 5.11. The van der Waals surface area contributed by atoms with Crippen molar-refractivity contribution in [3.8, 4) is 0 Å². The van der Waals surface area contributed by atoms with Gasteiger partial charge in [0.1, 0.15) is 0 Å². The molecule has 1 saturated heterocycles. The average Bonchev–Trinajstić information content (AvgIpc) is 3.02. The Kier molecular flexibility index (Phi) is 3.58.